The first-order chi connectivity index (χ1) is 16.4. The van der Waals surface area contributed by atoms with E-state index in [0.29, 0.717) is 17.1 Å². The normalized spacial score (nSPS) is 14.5. The van der Waals surface area contributed by atoms with Gasteiger partial charge in [-0.3, -0.25) is 9.78 Å². The van der Waals surface area contributed by atoms with Gasteiger partial charge in [-0.05, 0) is 50.3 Å². The van der Waals surface area contributed by atoms with Crippen molar-refractivity contribution in [2.24, 2.45) is 5.73 Å². The van der Waals surface area contributed by atoms with Gasteiger partial charge in [0.2, 0.25) is 0 Å². The third-order valence-electron chi connectivity index (χ3n) is 6.79. The molecule has 3 aromatic heterocycles. The summed E-state index contributed by atoms with van der Waals surface area (Å²) >= 11 is 0. The third kappa shape index (κ3) is 4.07. The second kappa shape index (κ2) is 8.65. The number of nitrogens with zero attached hydrogens (tertiary/aromatic N) is 4. The Balaban J connectivity index is 0.00000180. The number of nitrogens with two attached hydrogens (primary N) is 1. The van der Waals surface area contributed by atoms with Crippen LogP contribution in [-0.2, 0) is 5.54 Å². The minimum absolute atomic E-state index is 0. The molecular formula is C27H33N5O2. The minimum Gasteiger partial charge on any atom is -0.354 e. The van der Waals surface area contributed by atoms with Crippen molar-refractivity contribution >= 4 is 0 Å². The lowest BCUT2D eigenvalue weighted by atomic mass is 10.0. The monoisotopic (exact) mass is 459 g/mol. The highest BCUT2D eigenvalue weighted by Gasteiger charge is 2.40. The number of aromatic nitrogens is 4. The molecule has 3 heterocycles. The van der Waals surface area contributed by atoms with Crippen LogP contribution < -0.4 is 11.3 Å². The smallest absolute Gasteiger partial charge is 0.250 e. The van der Waals surface area contributed by atoms with Gasteiger partial charge in [-0.25, -0.2) is 4.98 Å². The molecule has 7 nitrogen and oxygen atoms in total. The van der Waals surface area contributed by atoms with E-state index >= 15 is 0 Å². The molecule has 0 amide bonds. The SMILES string of the molecule is CCC(CC)n1cc(-c2cnc(C)c(-c3cc(-c4cccc(C5(N)CC5)c4)no3)n2)ccc1=O.[HH].[HH]. The average molecular weight is 460 g/mol. The van der Waals surface area contributed by atoms with Crippen LogP contribution in [0.5, 0.6) is 0 Å². The first-order valence-corrected chi connectivity index (χ1v) is 11.8. The van der Waals surface area contributed by atoms with Gasteiger partial charge in [-0.1, -0.05) is 37.2 Å². The van der Waals surface area contributed by atoms with Gasteiger partial charge in [-0.2, -0.15) is 0 Å². The van der Waals surface area contributed by atoms with Crippen LogP contribution >= 0.6 is 0 Å². The van der Waals surface area contributed by atoms with Crippen LogP contribution in [0.25, 0.3) is 34.0 Å². The number of pyridine rings is 1. The molecule has 1 aromatic carbocycles. The van der Waals surface area contributed by atoms with Crippen LogP contribution in [0.3, 0.4) is 0 Å². The Bertz CT molecular complexity index is 1410. The van der Waals surface area contributed by atoms with Gasteiger partial charge in [0.1, 0.15) is 11.4 Å². The van der Waals surface area contributed by atoms with Crippen LogP contribution in [0.2, 0.25) is 0 Å². The van der Waals surface area contributed by atoms with E-state index in [1.54, 1.807) is 22.9 Å². The molecule has 4 aromatic rings. The summed E-state index contributed by atoms with van der Waals surface area (Å²) in [6, 6.07) is 13.6. The lowest BCUT2D eigenvalue weighted by Crippen LogP contribution is -2.23. The molecule has 1 aliphatic rings. The molecule has 0 bridgehead atoms. The molecule has 0 saturated heterocycles. The van der Waals surface area contributed by atoms with Gasteiger partial charge in [0.25, 0.3) is 5.56 Å². The quantitative estimate of drug-likeness (QED) is 0.378. The Labute approximate surface area is 201 Å². The molecule has 1 aliphatic carbocycles. The molecule has 2 N–H and O–H groups in total. The maximum absolute atomic E-state index is 12.4. The Hall–Kier alpha value is -3.58. The van der Waals surface area contributed by atoms with E-state index in [4.69, 9.17) is 15.2 Å². The average Bonchev–Trinajstić information content (AvgIpc) is 3.42. The Kier molecular flexibility index (Phi) is 5.65. The van der Waals surface area contributed by atoms with Crippen molar-refractivity contribution in [2.75, 3.05) is 0 Å². The van der Waals surface area contributed by atoms with E-state index in [1.807, 2.05) is 31.3 Å². The van der Waals surface area contributed by atoms with Crippen molar-refractivity contribution in [1.82, 2.24) is 19.7 Å². The van der Waals surface area contributed by atoms with Crippen molar-refractivity contribution in [3.8, 4) is 34.0 Å². The highest BCUT2D eigenvalue weighted by Crippen LogP contribution is 2.43. The number of benzene rings is 1. The van der Waals surface area contributed by atoms with Gasteiger partial charge < -0.3 is 14.8 Å². The first kappa shape index (κ1) is 22.2. The Morgan fingerprint density at radius 1 is 1.12 bits per heavy atom. The van der Waals surface area contributed by atoms with Crippen molar-refractivity contribution < 1.29 is 7.38 Å². The van der Waals surface area contributed by atoms with Gasteiger partial charge in [0.05, 0.1) is 17.6 Å². The molecule has 0 radical (unpaired) electrons. The highest BCUT2D eigenvalue weighted by molar-refractivity contribution is 5.68. The lowest BCUT2D eigenvalue weighted by molar-refractivity contribution is 0.433. The molecular weight excluding hydrogens is 426 g/mol. The lowest BCUT2D eigenvalue weighted by Gasteiger charge is -2.17. The predicted octanol–water partition coefficient (Wildman–Crippen LogP) is 5.74. The van der Waals surface area contributed by atoms with E-state index in [1.165, 1.54) is 0 Å². The number of rotatable bonds is 7. The molecule has 0 aliphatic heterocycles. The zero-order valence-corrected chi connectivity index (χ0v) is 19.8. The molecule has 34 heavy (non-hydrogen) atoms. The molecule has 1 fully saturated rings. The van der Waals surface area contributed by atoms with Crippen LogP contribution in [0.15, 0.2) is 64.2 Å². The maximum atomic E-state index is 12.4. The van der Waals surface area contributed by atoms with Gasteiger partial charge in [-0.15, -0.1) is 0 Å². The summed E-state index contributed by atoms with van der Waals surface area (Å²) in [5, 5.41) is 4.29. The first-order valence-electron chi connectivity index (χ1n) is 11.8. The fourth-order valence-corrected chi connectivity index (χ4v) is 4.38. The summed E-state index contributed by atoms with van der Waals surface area (Å²) in [7, 11) is 0. The molecule has 0 spiro atoms. The Morgan fingerprint density at radius 2 is 1.91 bits per heavy atom. The maximum Gasteiger partial charge on any atom is 0.250 e. The summed E-state index contributed by atoms with van der Waals surface area (Å²) in [6.07, 6.45) is 7.39. The van der Waals surface area contributed by atoms with E-state index in [2.05, 4.69) is 36.1 Å². The van der Waals surface area contributed by atoms with Crippen LogP contribution in [0, 0.1) is 6.92 Å². The van der Waals surface area contributed by atoms with E-state index in [9.17, 15) is 4.79 Å². The molecule has 1 saturated carbocycles. The standard InChI is InChI=1S/C27H29N5O2.2H2/c1-4-21(5-2)32-16-19(9-10-25(32)33)23-15-29-17(3)26(30-23)24-14-22(31-34-24)18-7-6-8-20(13-18)27(28)11-12-27;;/h6-10,13-16,21H,4-5,11-12,28H2,1-3H3;2*1H. The second-order valence-electron chi connectivity index (χ2n) is 9.14. The van der Waals surface area contributed by atoms with E-state index < -0.39 is 0 Å². The number of aryl methyl sites for hydroxylation is 1. The zero-order valence-electron chi connectivity index (χ0n) is 19.8. The third-order valence-corrected chi connectivity index (χ3v) is 6.79. The number of hydrogen-bond acceptors (Lipinski definition) is 6. The summed E-state index contributed by atoms with van der Waals surface area (Å²) in [5.41, 5.74) is 11.9. The molecule has 0 atom stereocenters. The minimum atomic E-state index is -0.204. The molecule has 178 valence electrons. The van der Waals surface area contributed by atoms with Gasteiger partial charge in [0, 0.05) is 43.9 Å². The summed E-state index contributed by atoms with van der Waals surface area (Å²) in [5.74, 6) is 0.550. The zero-order chi connectivity index (χ0) is 23.9. The fraction of sp³-hybridized carbons (Fsp3) is 0.333. The summed E-state index contributed by atoms with van der Waals surface area (Å²) in [6.45, 7) is 6.07. The van der Waals surface area contributed by atoms with Crippen molar-refractivity contribution in [3.63, 3.8) is 0 Å². The molecule has 0 unspecified atom stereocenters. The van der Waals surface area contributed by atoms with E-state index in [-0.39, 0.29) is 20.0 Å². The fourth-order valence-electron chi connectivity index (χ4n) is 4.38. The summed E-state index contributed by atoms with van der Waals surface area (Å²) in [4.78, 5) is 21.8. The van der Waals surface area contributed by atoms with Gasteiger partial charge in [0.15, 0.2) is 5.76 Å². The van der Waals surface area contributed by atoms with Crippen LogP contribution in [0.1, 0.15) is 59.7 Å². The highest BCUT2D eigenvalue weighted by atomic mass is 16.5. The van der Waals surface area contributed by atoms with E-state index in [0.717, 1.165) is 53.8 Å². The topological polar surface area (TPSA) is 99.8 Å². The van der Waals surface area contributed by atoms with Crippen LogP contribution in [-0.4, -0.2) is 19.7 Å². The molecule has 7 heteroatoms. The predicted molar refractivity (Wildman–Crippen MR) is 136 cm³/mol. The van der Waals surface area contributed by atoms with Gasteiger partial charge >= 0.3 is 0 Å². The van der Waals surface area contributed by atoms with Crippen molar-refractivity contribution in [2.45, 2.75) is 58.0 Å². The number of hydrogen-bond donors (Lipinski definition) is 1. The van der Waals surface area contributed by atoms with Crippen molar-refractivity contribution in [3.05, 3.63) is 76.5 Å². The Morgan fingerprint density at radius 3 is 2.65 bits per heavy atom. The largest absolute Gasteiger partial charge is 0.354 e. The molecule has 5 rings (SSSR count). The van der Waals surface area contributed by atoms with Crippen LogP contribution in [0.4, 0.5) is 0 Å². The summed E-state index contributed by atoms with van der Waals surface area (Å²) < 4.78 is 7.49. The second-order valence-corrected chi connectivity index (χ2v) is 9.14. The van der Waals surface area contributed by atoms with Crippen molar-refractivity contribution in [1.29, 1.82) is 0 Å².